The lowest BCUT2D eigenvalue weighted by Gasteiger charge is -2.31. The summed E-state index contributed by atoms with van der Waals surface area (Å²) in [5, 5.41) is 12.1. The molecule has 1 saturated heterocycles. The standard InChI is InChI=1S/C12H14ClN3O2S/c1-9-8-16(5-4-15-9)19(17,18)11-3-2-10(7-14)12(13)6-11/h2-3,6,9,15H,4-5,8H2,1H3/t9-/m0/s1. The van der Waals surface area contributed by atoms with Crippen molar-refractivity contribution >= 4 is 21.6 Å². The number of nitrogens with one attached hydrogen (secondary N) is 1. The van der Waals surface area contributed by atoms with Gasteiger partial charge in [0, 0.05) is 25.7 Å². The van der Waals surface area contributed by atoms with Crippen molar-refractivity contribution in [3.05, 3.63) is 28.8 Å². The highest BCUT2D eigenvalue weighted by molar-refractivity contribution is 7.89. The van der Waals surface area contributed by atoms with E-state index in [0.29, 0.717) is 19.6 Å². The molecule has 1 aromatic carbocycles. The second-order valence-corrected chi connectivity index (χ2v) is 6.82. The van der Waals surface area contributed by atoms with Crippen LogP contribution < -0.4 is 5.32 Å². The van der Waals surface area contributed by atoms with E-state index in [-0.39, 0.29) is 21.5 Å². The molecule has 0 aromatic heterocycles. The molecule has 1 aliphatic heterocycles. The molecule has 0 radical (unpaired) electrons. The summed E-state index contributed by atoms with van der Waals surface area (Å²) in [6.07, 6.45) is 0. The molecule has 0 amide bonds. The monoisotopic (exact) mass is 299 g/mol. The number of nitrogens with zero attached hydrogens (tertiary/aromatic N) is 2. The van der Waals surface area contributed by atoms with Gasteiger partial charge in [0.2, 0.25) is 10.0 Å². The molecule has 0 bridgehead atoms. The van der Waals surface area contributed by atoms with Gasteiger partial charge in [0.1, 0.15) is 6.07 Å². The Kier molecular flexibility index (Phi) is 4.11. The Bertz CT molecular complexity index is 624. The van der Waals surface area contributed by atoms with Crippen LogP contribution in [0.1, 0.15) is 12.5 Å². The molecule has 19 heavy (non-hydrogen) atoms. The Morgan fingerprint density at radius 2 is 2.26 bits per heavy atom. The topological polar surface area (TPSA) is 73.2 Å². The fraction of sp³-hybridized carbons (Fsp3) is 0.417. The van der Waals surface area contributed by atoms with Gasteiger partial charge in [-0.1, -0.05) is 11.6 Å². The van der Waals surface area contributed by atoms with Gasteiger partial charge in [0.05, 0.1) is 15.5 Å². The van der Waals surface area contributed by atoms with Crippen molar-refractivity contribution in [2.45, 2.75) is 17.9 Å². The molecule has 1 aliphatic rings. The fourth-order valence-corrected chi connectivity index (χ4v) is 3.86. The molecule has 1 atom stereocenters. The Hall–Kier alpha value is -1.13. The molecule has 1 aromatic rings. The van der Waals surface area contributed by atoms with E-state index < -0.39 is 10.0 Å². The average molecular weight is 300 g/mol. The van der Waals surface area contributed by atoms with E-state index in [1.807, 2.05) is 13.0 Å². The molecular weight excluding hydrogens is 286 g/mol. The van der Waals surface area contributed by atoms with Gasteiger partial charge in [0.25, 0.3) is 0 Å². The maximum Gasteiger partial charge on any atom is 0.243 e. The van der Waals surface area contributed by atoms with E-state index >= 15 is 0 Å². The molecule has 2 rings (SSSR count). The third kappa shape index (κ3) is 2.90. The number of piperazine rings is 1. The Balaban J connectivity index is 2.34. The summed E-state index contributed by atoms with van der Waals surface area (Å²) in [6.45, 7) is 3.43. The van der Waals surface area contributed by atoms with E-state index in [4.69, 9.17) is 16.9 Å². The summed E-state index contributed by atoms with van der Waals surface area (Å²) in [6, 6.07) is 6.22. The lowest BCUT2D eigenvalue weighted by Crippen LogP contribution is -2.51. The zero-order valence-electron chi connectivity index (χ0n) is 10.4. The third-order valence-corrected chi connectivity index (χ3v) is 5.20. The molecule has 1 fully saturated rings. The van der Waals surface area contributed by atoms with Gasteiger partial charge < -0.3 is 5.32 Å². The van der Waals surface area contributed by atoms with Crippen LogP contribution in [-0.2, 0) is 10.0 Å². The van der Waals surface area contributed by atoms with Gasteiger partial charge in [0.15, 0.2) is 0 Å². The predicted molar refractivity (Wildman–Crippen MR) is 72.4 cm³/mol. The van der Waals surface area contributed by atoms with Crippen molar-refractivity contribution in [3.8, 4) is 6.07 Å². The summed E-state index contributed by atoms with van der Waals surface area (Å²) in [5.74, 6) is 0. The highest BCUT2D eigenvalue weighted by Gasteiger charge is 2.28. The first-order valence-corrected chi connectivity index (χ1v) is 7.70. The van der Waals surface area contributed by atoms with Gasteiger partial charge in [-0.3, -0.25) is 0 Å². The Morgan fingerprint density at radius 1 is 1.53 bits per heavy atom. The van der Waals surface area contributed by atoms with E-state index in [0.717, 1.165) is 0 Å². The summed E-state index contributed by atoms with van der Waals surface area (Å²) >= 11 is 5.89. The number of benzene rings is 1. The summed E-state index contributed by atoms with van der Waals surface area (Å²) in [5.41, 5.74) is 0.272. The first kappa shape index (κ1) is 14.3. The number of halogens is 1. The zero-order chi connectivity index (χ0) is 14.0. The maximum absolute atomic E-state index is 12.4. The predicted octanol–water partition coefficient (Wildman–Crippen LogP) is 1.19. The zero-order valence-corrected chi connectivity index (χ0v) is 12.0. The second kappa shape index (κ2) is 5.47. The van der Waals surface area contributed by atoms with Crippen LogP contribution in [0.2, 0.25) is 5.02 Å². The van der Waals surface area contributed by atoms with Crippen molar-refractivity contribution in [2.24, 2.45) is 0 Å². The van der Waals surface area contributed by atoms with Crippen LogP contribution in [0.3, 0.4) is 0 Å². The number of nitriles is 1. The minimum Gasteiger partial charge on any atom is -0.312 e. The second-order valence-electron chi connectivity index (χ2n) is 4.47. The van der Waals surface area contributed by atoms with Crippen molar-refractivity contribution in [3.63, 3.8) is 0 Å². The Labute approximate surface area is 117 Å². The average Bonchev–Trinajstić information content (AvgIpc) is 2.38. The highest BCUT2D eigenvalue weighted by atomic mass is 35.5. The van der Waals surface area contributed by atoms with Crippen molar-refractivity contribution < 1.29 is 8.42 Å². The lowest BCUT2D eigenvalue weighted by molar-refractivity contribution is 0.310. The van der Waals surface area contributed by atoms with Crippen LogP contribution >= 0.6 is 11.6 Å². The molecule has 1 N–H and O–H groups in total. The van der Waals surface area contributed by atoms with Crippen molar-refractivity contribution in [1.29, 1.82) is 5.26 Å². The summed E-state index contributed by atoms with van der Waals surface area (Å²) < 4.78 is 26.3. The van der Waals surface area contributed by atoms with Crippen LogP contribution in [0.5, 0.6) is 0 Å². The van der Waals surface area contributed by atoms with E-state index in [9.17, 15) is 8.42 Å². The number of hydrogen-bond donors (Lipinski definition) is 1. The maximum atomic E-state index is 12.4. The SMILES string of the molecule is C[C@H]1CN(S(=O)(=O)c2ccc(C#N)c(Cl)c2)CCN1. The molecule has 0 spiro atoms. The third-order valence-electron chi connectivity index (χ3n) is 3.03. The molecular formula is C12H14ClN3O2S. The minimum atomic E-state index is -3.54. The van der Waals surface area contributed by atoms with Gasteiger partial charge in [-0.15, -0.1) is 0 Å². The molecule has 0 aliphatic carbocycles. The summed E-state index contributed by atoms with van der Waals surface area (Å²) in [7, 11) is -3.54. The quantitative estimate of drug-likeness (QED) is 0.890. The van der Waals surface area contributed by atoms with Crippen molar-refractivity contribution in [1.82, 2.24) is 9.62 Å². The van der Waals surface area contributed by atoms with E-state index in [1.54, 1.807) is 0 Å². The Morgan fingerprint density at radius 3 is 2.84 bits per heavy atom. The smallest absolute Gasteiger partial charge is 0.243 e. The molecule has 1 heterocycles. The number of sulfonamides is 1. The van der Waals surface area contributed by atoms with Crippen LogP contribution in [0, 0.1) is 11.3 Å². The van der Waals surface area contributed by atoms with Crippen LogP contribution in [0.4, 0.5) is 0 Å². The van der Waals surface area contributed by atoms with Crippen molar-refractivity contribution in [2.75, 3.05) is 19.6 Å². The van der Waals surface area contributed by atoms with Gasteiger partial charge in [-0.2, -0.15) is 9.57 Å². The summed E-state index contributed by atoms with van der Waals surface area (Å²) in [4.78, 5) is 0.130. The van der Waals surface area contributed by atoms with Crippen LogP contribution in [0.25, 0.3) is 0 Å². The van der Waals surface area contributed by atoms with Gasteiger partial charge in [-0.25, -0.2) is 8.42 Å². The largest absolute Gasteiger partial charge is 0.312 e. The number of rotatable bonds is 2. The highest BCUT2D eigenvalue weighted by Crippen LogP contribution is 2.23. The molecule has 0 saturated carbocycles. The molecule has 0 unspecified atom stereocenters. The van der Waals surface area contributed by atoms with Crippen LogP contribution in [-0.4, -0.2) is 38.4 Å². The first-order chi connectivity index (χ1) is 8.95. The molecule has 5 nitrogen and oxygen atoms in total. The van der Waals surface area contributed by atoms with Gasteiger partial charge >= 0.3 is 0 Å². The molecule has 102 valence electrons. The van der Waals surface area contributed by atoms with Gasteiger partial charge in [-0.05, 0) is 25.1 Å². The van der Waals surface area contributed by atoms with E-state index in [1.165, 1.54) is 22.5 Å². The molecule has 7 heteroatoms. The van der Waals surface area contributed by atoms with E-state index in [2.05, 4.69) is 5.32 Å². The first-order valence-electron chi connectivity index (χ1n) is 5.88. The lowest BCUT2D eigenvalue weighted by atomic mass is 10.2. The fourth-order valence-electron chi connectivity index (χ4n) is 2.01. The number of hydrogen-bond acceptors (Lipinski definition) is 4. The normalized spacial score (nSPS) is 21.0. The van der Waals surface area contributed by atoms with Crippen LogP contribution in [0.15, 0.2) is 23.1 Å². The minimum absolute atomic E-state index is 0.123.